The van der Waals surface area contributed by atoms with Crippen molar-refractivity contribution in [2.45, 2.75) is 18.9 Å². The van der Waals surface area contributed by atoms with Gasteiger partial charge < -0.3 is 16.0 Å². The molecule has 1 fully saturated rings. The summed E-state index contributed by atoms with van der Waals surface area (Å²) in [6.45, 7) is 0.947. The summed E-state index contributed by atoms with van der Waals surface area (Å²) in [5, 5.41) is 9.72. The van der Waals surface area contributed by atoms with E-state index in [4.69, 9.17) is 11.6 Å². The summed E-state index contributed by atoms with van der Waals surface area (Å²) in [5.74, 6) is -0.811. The van der Waals surface area contributed by atoms with Crippen molar-refractivity contribution >= 4 is 39.8 Å². The maximum atomic E-state index is 11.8. The van der Waals surface area contributed by atoms with Crippen LogP contribution in [-0.4, -0.2) is 36.3 Å². The average Bonchev–Trinajstić information content (AvgIpc) is 3.06. The summed E-state index contributed by atoms with van der Waals surface area (Å²) in [7, 11) is 1.53. The second kappa shape index (κ2) is 6.31. The molecule has 1 atom stereocenters. The second-order valence-electron chi connectivity index (χ2n) is 4.14. The molecule has 0 bridgehead atoms. The predicted octanol–water partition coefficient (Wildman–Crippen LogP) is 1.10. The van der Waals surface area contributed by atoms with Crippen LogP contribution in [0.1, 0.15) is 34.4 Å². The van der Waals surface area contributed by atoms with Crippen molar-refractivity contribution in [3.63, 3.8) is 0 Å². The van der Waals surface area contributed by atoms with Crippen LogP contribution < -0.4 is 16.0 Å². The summed E-state index contributed by atoms with van der Waals surface area (Å²) in [6.07, 6.45) is 2.08. The van der Waals surface area contributed by atoms with Crippen LogP contribution in [0.4, 0.5) is 5.00 Å². The molecule has 8 heteroatoms. The van der Waals surface area contributed by atoms with Crippen LogP contribution in [-0.2, 0) is 4.79 Å². The van der Waals surface area contributed by atoms with Crippen molar-refractivity contribution in [3.05, 3.63) is 10.7 Å². The Hall–Kier alpha value is -1.18. The molecule has 2 rings (SSSR count). The fourth-order valence-corrected chi connectivity index (χ4v) is 3.05. The smallest absolute Gasteiger partial charge is 0.272 e. The third kappa shape index (κ3) is 3.23. The van der Waals surface area contributed by atoms with Gasteiger partial charge in [-0.15, -0.1) is 11.6 Å². The monoisotopic (exact) mass is 302 g/mol. The molecule has 6 nitrogen and oxygen atoms in total. The Kier molecular flexibility index (Phi) is 4.73. The molecule has 0 aliphatic carbocycles. The van der Waals surface area contributed by atoms with Crippen molar-refractivity contribution in [1.82, 2.24) is 15.6 Å². The highest BCUT2D eigenvalue weighted by Crippen LogP contribution is 2.32. The van der Waals surface area contributed by atoms with Crippen LogP contribution >= 0.6 is 22.9 Å². The summed E-state index contributed by atoms with van der Waals surface area (Å²) in [5.41, 5.74) is 0.245. The fourth-order valence-electron chi connectivity index (χ4n) is 1.90. The van der Waals surface area contributed by atoms with E-state index in [0.29, 0.717) is 5.00 Å². The Bertz CT molecular complexity index is 485. The first-order chi connectivity index (χ1) is 9.15. The van der Waals surface area contributed by atoms with Crippen molar-refractivity contribution in [3.8, 4) is 0 Å². The molecule has 0 saturated carbocycles. The molecule has 1 aliphatic rings. The van der Waals surface area contributed by atoms with E-state index in [9.17, 15) is 9.59 Å². The molecule has 3 N–H and O–H groups in total. The molecule has 1 aromatic rings. The number of hydrogen-bond donors (Lipinski definition) is 3. The average molecular weight is 303 g/mol. The number of nitrogens with zero attached hydrogens (tertiary/aromatic N) is 1. The van der Waals surface area contributed by atoms with Crippen LogP contribution in [0.3, 0.4) is 0 Å². The van der Waals surface area contributed by atoms with E-state index in [2.05, 4.69) is 20.9 Å². The lowest BCUT2D eigenvalue weighted by atomic mass is 10.2. The summed E-state index contributed by atoms with van der Waals surface area (Å²) in [6, 6.07) is 0.162. The van der Waals surface area contributed by atoms with E-state index in [1.165, 1.54) is 18.4 Å². The quantitative estimate of drug-likeness (QED) is 0.728. The summed E-state index contributed by atoms with van der Waals surface area (Å²) < 4.78 is 0. The van der Waals surface area contributed by atoms with Gasteiger partial charge in [0.1, 0.15) is 15.9 Å². The largest absolute Gasteiger partial charge is 0.354 e. The third-order valence-corrected chi connectivity index (χ3v) is 4.15. The molecular formula is C11H15ClN4O2S. The van der Waals surface area contributed by atoms with Crippen LogP contribution in [0.2, 0.25) is 0 Å². The topological polar surface area (TPSA) is 83.1 Å². The maximum absolute atomic E-state index is 11.8. The Morgan fingerprint density at radius 3 is 2.95 bits per heavy atom. The molecule has 1 aromatic heterocycles. The van der Waals surface area contributed by atoms with Gasteiger partial charge in [0.2, 0.25) is 5.91 Å². The zero-order valence-electron chi connectivity index (χ0n) is 10.5. The van der Waals surface area contributed by atoms with Gasteiger partial charge in [0.15, 0.2) is 5.69 Å². The Balaban J connectivity index is 2.27. The summed E-state index contributed by atoms with van der Waals surface area (Å²) in [4.78, 5) is 27.5. The highest BCUT2D eigenvalue weighted by molar-refractivity contribution is 7.16. The first-order valence-corrected chi connectivity index (χ1v) is 7.32. The minimum Gasteiger partial charge on any atom is -0.354 e. The van der Waals surface area contributed by atoms with Gasteiger partial charge in [-0.05, 0) is 19.4 Å². The number of rotatable bonds is 4. The normalized spacial score (nSPS) is 18.3. The van der Waals surface area contributed by atoms with Gasteiger partial charge >= 0.3 is 0 Å². The van der Waals surface area contributed by atoms with Crippen molar-refractivity contribution in [2.24, 2.45) is 0 Å². The Morgan fingerprint density at radius 2 is 2.37 bits per heavy atom. The number of nitrogens with one attached hydrogen (secondary N) is 3. The third-order valence-electron chi connectivity index (χ3n) is 2.82. The zero-order valence-corrected chi connectivity index (χ0v) is 12.0. The number of thiazole rings is 1. The standard InChI is InChI=1S/C11H15ClN4O2S/c1-13-9(18)8-11(15-7(17)5-12)19-10(16-8)6-3-2-4-14-6/h6,14H,2-5H2,1H3,(H,13,18)(H,15,17)/t6-/m1/s1. The molecule has 104 valence electrons. The zero-order chi connectivity index (χ0) is 13.8. The molecule has 0 unspecified atom stereocenters. The van der Waals surface area contributed by atoms with Crippen LogP contribution in [0.5, 0.6) is 0 Å². The van der Waals surface area contributed by atoms with Crippen LogP contribution in [0.25, 0.3) is 0 Å². The number of aromatic nitrogens is 1. The fraction of sp³-hybridized carbons (Fsp3) is 0.545. The lowest BCUT2D eigenvalue weighted by molar-refractivity contribution is -0.113. The molecule has 0 spiro atoms. The van der Waals surface area contributed by atoms with Crippen molar-refractivity contribution in [1.29, 1.82) is 0 Å². The molecule has 1 saturated heterocycles. The van der Waals surface area contributed by atoms with E-state index in [-0.39, 0.29) is 29.4 Å². The van der Waals surface area contributed by atoms with Gasteiger partial charge in [-0.3, -0.25) is 9.59 Å². The van der Waals surface area contributed by atoms with Crippen molar-refractivity contribution in [2.75, 3.05) is 24.8 Å². The SMILES string of the molecule is CNC(=O)c1nc([C@H]2CCCN2)sc1NC(=O)CCl. The molecule has 2 heterocycles. The lowest BCUT2D eigenvalue weighted by Gasteiger charge is -2.04. The number of alkyl halides is 1. The van der Waals surface area contributed by atoms with E-state index < -0.39 is 0 Å². The van der Waals surface area contributed by atoms with Gasteiger partial charge in [-0.1, -0.05) is 11.3 Å². The molecule has 19 heavy (non-hydrogen) atoms. The van der Waals surface area contributed by atoms with E-state index in [1.54, 1.807) is 0 Å². The second-order valence-corrected chi connectivity index (χ2v) is 5.44. The predicted molar refractivity (Wildman–Crippen MR) is 74.8 cm³/mol. The molecule has 1 aliphatic heterocycles. The molecular weight excluding hydrogens is 288 g/mol. The van der Waals surface area contributed by atoms with Crippen molar-refractivity contribution < 1.29 is 9.59 Å². The number of halogens is 1. The lowest BCUT2D eigenvalue weighted by Crippen LogP contribution is -2.21. The summed E-state index contributed by atoms with van der Waals surface area (Å²) >= 11 is 6.78. The Morgan fingerprint density at radius 1 is 1.58 bits per heavy atom. The number of hydrogen-bond acceptors (Lipinski definition) is 5. The van der Waals surface area contributed by atoms with Crippen LogP contribution in [0.15, 0.2) is 0 Å². The molecule has 0 aromatic carbocycles. The Labute approximate surface area is 119 Å². The van der Waals surface area contributed by atoms with E-state index in [1.807, 2.05) is 0 Å². The number of amides is 2. The van der Waals surface area contributed by atoms with Gasteiger partial charge in [-0.25, -0.2) is 4.98 Å². The minimum atomic E-state index is -0.346. The van der Waals surface area contributed by atoms with Gasteiger partial charge in [0, 0.05) is 7.05 Å². The highest BCUT2D eigenvalue weighted by atomic mass is 35.5. The first kappa shape index (κ1) is 14.2. The van der Waals surface area contributed by atoms with Gasteiger partial charge in [0.05, 0.1) is 6.04 Å². The number of anilines is 1. The van der Waals surface area contributed by atoms with Gasteiger partial charge in [0.25, 0.3) is 5.91 Å². The molecule has 2 amide bonds. The number of carbonyl (C=O) groups excluding carboxylic acids is 2. The minimum absolute atomic E-state index is 0.151. The van der Waals surface area contributed by atoms with E-state index in [0.717, 1.165) is 24.4 Å². The van der Waals surface area contributed by atoms with Gasteiger partial charge in [-0.2, -0.15) is 0 Å². The maximum Gasteiger partial charge on any atom is 0.272 e. The first-order valence-electron chi connectivity index (χ1n) is 5.97. The highest BCUT2D eigenvalue weighted by Gasteiger charge is 2.25. The van der Waals surface area contributed by atoms with E-state index >= 15 is 0 Å². The molecule has 0 radical (unpaired) electrons. The van der Waals surface area contributed by atoms with Crippen LogP contribution in [0, 0.1) is 0 Å². The number of carbonyl (C=O) groups is 2.